The molecule has 5 nitrogen and oxygen atoms in total. The Bertz CT molecular complexity index is 611. The molecule has 0 amide bonds. The van der Waals surface area contributed by atoms with Crippen molar-refractivity contribution >= 4 is 27.5 Å². The van der Waals surface area contributed by atoms with Gasteiger partial charge < -0.3 is 14.6 Å². The van der Waals surface area contributed by atoms with E-state index in [4.69, 9.17) is 21.1 Å². The maximum atomic E-state index is 10.5. The van der Waals surface area contributed by atoms with Crippen LogP contribution in [-0.2, 0) is 7.05 Å². The molecule has 1 aromatic heterocycles. The van der Waals surface area contributed by atoms with Gasteiger partial charge in [-0.2, -0.15) is 5.10 Å². The van der Waals surface area contributed by atoms with E-state index in [1.165, 1.54) is 14.2 Å². The fourth-order valence-corrected chi connectivity index (χ4v) is 2.84. The first-order chi connectivity index (χ1) is 9.49. The van der Waals surface area contributed by atoms with Crippen molar-refractivity contribution in [2.75, 3.05) is 14.2 Å². The van der Waals surface area contributed by atoms with Crippen LogP contribution in [0.2, 0.25) is 5.02 Å². The quantitative estimate of drug-likeness (QED) is 0.910. The molecule has 0 aliphatic rings. The van der Waals surface area contributed by atoms with Gasteiger partial charge in [0.25, 0.3) is 0 Å². The van der Waals surface area contributed by atoms with Crippen molar-refractivity contribution < 1.29 is 14.6 Å². The van der Waals surface area contributed by atoms with E-state index >= 15 is 0 Å². The van der Waals surface area contributed by atoms with Gasteiger partial charge in [-0.25, -0.2) is 0 Å². The van der Waals surface area contributed by atoms with Crippen LogP contribution in [0.1, 0.15) is 17.4 Å². The largest absolute Gasteiger partial charge is 0.493 e. The fraction of sp³-hybridized carbons (Fsp3) is 0.308. The minimum absolute atomic E-state index is 0.374. The molecular formula is C13H14BrClN2O3. The molecule has 1 heterocycles. The van der Waals surface area contributed by atoms with Gasteiger partial charge in [0.1, 0.15) is 6.10 Å². The summed E-state index contributed by atoms with van der Waals surface area (Å²) in [7, 11) is 4.79. The molecule has 0 radical (unpaired) electrons. The highest BCUT2D eigenvalue weighted by molar-refractivity contribution is 9.10. The summed E-state index contributed by atoms with van der Waals surface area (Å²) in [6, 6.07) is 3.34. The predicted octanol–water partition coefficient (Wildman–Crippen LogP) is 2.93. The van der Waals surface area contributed by atoms with Crippen molar-refractivity contribution in [3.63, 3.8) is 0 Å². The summed E-state index contributed by atoms with van der Waals surface area (Å²) < 4.78 is 12.7. The van der Waals surface area contributed by atoms with Gasteiger partial charge in [-0.3, -0.25) is 4.68 Å². The predicted molar refractivity (Wildman–Crippen MR) is 79.5 cm³/mol. The SMILES string of the molecule is COc1cc(C(O)c2c(Br)cnn2C)cc(Cl)c1OC. The molecule has 20 heavy (non-hydrogen) atoms. The number of halogens is 2. The summed E-state index contributed by atoms with van der Waals surface area (Å²) in [6.45, 7) is 0. The lowest BCUT2D eigenvalue weighted by atomic mass is 10.1. The van der Waals surface area contributed by atoms with Crippen molar-refractivity contribution in [2.24, 2.45) is 7.05 Å². The van der Waals surface area contributed by atoms with E-state index in [2.05, 4.69) is 21.0 Å². The Kier molecular flexibility index (Phi) is 4.57. The van der Waals surface area contributed by atoms with Crippen molar-refractivity contribution in [3.8, 4) is 11.5 Å². The minimum Gasteiger partial charge on any atom is -0.493 e. The van der Waals surface area contributed by atoms with Gasteiger partial charge >= 0.3 is 0 Å². The zero-order valence-corrected chi connectivity index (χ0v) is 13.6. The molecule has 0 spiro atoms. The van der Waals surface area contributed by atoms with Crippen LogP contribution in [0.25, 0.3) is 0 Å². The Hall–Kier alpha value is -1.24. The summed E-state index contributed by atoms with van der Waals surface area (Å²) >= 11 is 9.51. The average molecular weight is 362 g/mol. The molecule has 7 heteroatoms. The van der Waals surface area contributed by atoms with E-state index in [0.717, 1.165) is 4.47 Å². The molecule has 1 unspecified atom stereocenters. The molecule has 0 fully saturated rings. The van der Waals surface area contributed by atoms with E-state index < -0.39 is 6.10 Å². The smallest absolute Gasteiger partial charge is 0.179 e. The number of aromatic nitrogens is 2. The lowest BCUT2D eigenvalue weighted by Gasteiger charge is -2.16. The van der Waals surface area contributed by atoms with Crippen molar-refractivity contribution in [1.29, 1.82) is 0 Å². The van der Waals surface area contributed by atoms with E-state index in [0.29, 0.717) is 27.8 Å². The highest BCUT2D eigenvalue weighted by Crippen LogP contribution is 2.39. The summed E-state index contributed by atoms with van der Waals surface area (Å²) in [5.41, 5.74) is 1.23. The average Bonchev–Trinajstić information content (AvgIpc) is 2.76. The maximum Gasteiger partial charge on any atom is 0.179 e. The molecule has 1 atom stereocenters. The number of aliphatic hydroxyl groups is 1. The third-order valence-electron chi connectivity index (χ3n) is 2.97. The van der Waals surface area contributed by atoms with Crippen LogP contribution in [0.15, 0.2) is 22.8 Å². The van der Waals surface area contributed by atoms with E-state index in [1.807, 2.05) is 0 Å². The standard InChI is InChI=1S/C13H14BrClN2O3/c1-17-11(8(14)6-16-17)12(18)7-4-9(15)13(20-3)10(5-7)19-2/h4-6,12,18H,1-3H3. The monoisotopic (exact) mass is 360 g/mol. The Morgan fingerprint density at radius 2 is 2.05 bits per heavy atom. The lowest BCUT2D eigenvalue weighted by molar-refractivity contribution is 0.208. The van der Waals surface area contributed by atoms with Crippen LogP contribution >= 0.6 is 27.5 Å². The van der Waals surface area contributed by atoms with Crippen molar-refractivity contribution in [1.82, 2.24) is 9.78 Å². The summed E-state index contributed by atoms with van der Waals surface area (Å²) in [6.07, 6.45) is 0.746. The van der Waals surface area contributed by atoms with Crippen LogP contribution < -0.4 is 9.47 Å². The molecule has 0 aliphatic carbocycles. The first-order valence-corrected chi connectivity index (χ1v) is 6.93. The summed E-state index contributed by atoms with van der Waals surface area (Å²) in [5, 5.41) is 15.0. The number of rotatable bonds is 4. The number of ether oxygens (including phenoxy) is 2. The van der Waals surface area contributed by atoms with Crippen LogP contribution in [0.4, 0.5) is 0 Å². The molecule has 108 valence electrons. The first kappa shape index (κ1) is 15.2. The van der Waals surface area contributed by atoms with Gasteiger partial charge in [-0.1, -0.05) is 11.6 Å². The number of benzene rings is 1. The molecule has 0 saturated heterocycles. The number of methoxy groups -OCH3 is 2. The molecule has 0 saturated carbocycles. The third kappa shape index (κ3) is 2.63. The molecule has 2 aromatic rings. The summed E-state index contributed by atoms with van der Waals surface area (Å²) in [5.74, 6) is 0.904. The van der Waals surface area contributed by atoms with Gasteiger partial charge in [0.05, 0.1) is 35.6 Å². The topological polar surface area (TPSA) is 56.5 Å². The van der Waals surface area contributed by atoms with E-state index in [-0.39, 0.29) is 0 Å². The highest BCUT2D eigenvalue weighted by Gasteiger charge is 2.21. The van der Waals surface area contributed by atoms with Crippen molar-refractivity contribution in [2.45, 2.75) is 6.10 Å². The zero-order chi connectivity index (χ0) is 14.9. The van der Waals surface area contributed by atoms with Crippen LogP contribution in [0.5, 0.6) is 11.5 Å². The fourth-order valence-electron chi connectivity index (χ4n) is 1.98. The first-order valence-electron chi connectivity index (χ1n) is 5.76. The number of nitrogens with zero attached hydrogens (tertiary/aromatic N) is 2. The van der Waals surface area contributed by atoms with Gasteiger partial charge in [0.15, 0.2) is 11.5 Å². The molecule has 0 aliphatic heterocycles. The van der Waals surface area contributed by atoms with Crippen molar-refractivity contribution in [3.05, 3.63) is 39.1 Å². The van der Waals surface area contributed by atoms with Crippen LogP contribution in [0, 0.1) is 0 Å². The minimum atomic E-state index is -0.880. The summed E-state index contributed by atoms with van der Waals surface area (Å²) in [4.78, 5) is 0. The third-order valence-corrected chi connectivity index (χ3v) is 3.86. The zero-order valence-electron chi connectivity index (χ0n) is 11.2. The Labute approximate surface area is 130 Å². The Balaban J connectivity index is 2.51. The number of hydrogen-bond donors (Lipinski definition) is 1. The normalized spacial score (nSPS) is 12.3. The van der Waals surface area contributed by atoms with Gasteiger partial charge in [0.2, 0.25) is 0 Å². The van der Waals surface area contributed by atoms with Crippen LogP contribution in [0.3, 0.4) is 0 Å². The van der Waals surface area contributed by atoms with Gasteiger partial charge in [-0.05, 0) is 33.6 Å². The second-order valence-electron chi connectivity index (χ2n) is 4.14. The van der Waals surface area contributed by atoms with Crippen LogP contribution in [-0.4, -0.2) is 29.1 Å². The highest BCUT2D eigenvalue weighted by atomic mass is 79.9. The molecule has 0 bridgehead atoms. The second-order valence-corrected chi connectivity index (χ2v) is 5.40. The molecular weight excluding hydrogens is 348 g/mol. The molecule has 2 rings (SSSR count). The Morgan fingerprint density at radius 3 is 2.55 bits per heavy atom. The number of aliphatic hydroxyl groups excluding tert-OH is 1. The number of aryl methyl sites for hydroxylation is 1. The number of hydrogen-bond acceptors (Lipinski definition) is 4. The molecule has 1 N–H and O–H groups in total. The van der Waals surface area contributed by atoms with E-state index in [1.54, 1.807) is 30.1 Å². The van der Waals surface area contributed by atoms with E-state index in [9.17, 15) is 5.11 Å². The molecule has 1 aromatic carbocycles. The maximum absolute atomic E-state index is 10.5. The lowest BCUT2D eigenvalue weighted by Crippen LogP contribution is -2.08. The Morgan fingerprint density at radius 1 is 1.35 bits per heavy atom. The van der Waals surface area contributed by atoms with Gasteiger partial charge in [-0.15, -0.1) is 0 Å². The second kappa shape index (κ2) is 6.03. The van der Waals surface area contributed by atoms with Gasteiger partial charge in [0, 0.05) is 7.05 Å².